The molecule has 0 heterocycles. The van der Waals surface area contributed by atoms with E-state index < -0.39 is 0 Å². The molecule has 0 N–H and O–H groups in total. The first-order valence-electron chi connectivity index (χ1n) is 13.7. The number of hydrogen-bond donors (Lipinski definition) is 0. The molecule has 1 nitrogen and oxygen atoms in total. The average molecular weight is 441 g/mol. The minimum atomic E-state index is -0.206. The minimum absolute atomic E-state index is 0.206. The summed E-state index contributed by atoms with van der Waals surface area (Å²) in [5.41, 5.74) is 1.17. The van der Waals surface area contributed by atoms with Crippen molar-refractivity contribution in [1.82, 2.24) is 0 Å². The summed E-state index contributed by atoms with van der Waals surface area (Å²) >= 11 is 0. The second kappa shape index (κ2) is 11.7. The molecule has 4 atom stereocenters. The van der Waals surface area contributed by atoms with E-state index in [2.05, 4.69) is 13.0 Å². The molecule has 1 aromatic rings. The van der Waals surface area contributed by atoms with Gasteiger partial charge in [-0.25, -0.2) is 4.39 Å². The molecule has 0 aromatic heterocycles. The molecule has 178 valence electrons. The number of ether oxygens (including phenoxy) is 1. The van der Waals surface area contributed by atoms with Crippen LogP contribution in [0.1, 0.15) is 109 Å². The summed E-state index contributed by atoms with van der Waals surface area (Å²) in [6, 6.07) is 5.66. The molecule has 3 fully saturated rings. The lowest BCUT2D eigenvalue weighted by atomic mass is 9.60. The summed E-state index contributed by atoms with van der Waals surface area (Å²) in [5, 5.41) is 0. The topological polar surface area (TPSA) is 9.23 Å². The molecule has 4 rings (SSSR count). The Kier molecular flexibility index (Phi) is 8.72. The van der Waals surface area contributed by atoms with E-state index in [9.17, 15) is 4.39 Å². The molecule has 3 saturated carbocycles. The highest BCUT2D eigenvalue weighted by molar-refractivity contribution is 5.31. The predicted molar refractivity (Wildman–Crippen MR) is 133 cm³/mol. The van der Waals surface area contributed by atoms with Crippen molar-refractivity contribution >= 4 is 0 Å². The van der Waals surface area contributed by atoms with Crippen molar-refractivity contribution in [2.45, 2.75) is 103 Å². The quantitative estimate of drug-likeness (QED) is 0.366. The maximum Gasteiger partial charge on any atom is 0.165 e. The van der Waals surface area contributed by atoms with E-state index in [1.54, 1.807) is 6.07 Å². The van der Waals surface area contributed by atoms with Gasteiger partial charge in [0.1, 0.15) is 6.61 Å². The van der Waals surface area contributed by atoms with Crippen LogP contribution in [0.2, 0.25) is 0 Å². The lowest BCUT2D eigenvalue weighted by Gasteiger charge is -2.45. The third-order valence-corrected chi connectivity index (χ3v) is 9.16. The first-order valence-corrected chi connectivity index (χ1v) is 13.7. The fourth-order valence-electron chi connectivity index (χ4n) is 7.25. The molecule has 3 aliphatic rings. The molecular formula is C30H45FO. The highest BCUT2D eigenvalue weighted by atomic mass is 19.1. The third-order valence-electron chi connectivity index (χ3n) is 9.16. The van der Waals surface area contributed by atoms with E-state index in [0.717, 1.165) is 29.6 Å². The summed E-state index contributed by atoms with van der Waals surface area (Å²) in [5.74, 6) is 5.66. The average Bonchev–Trinajstić information content (AvgIpc) is 2.83. The van der Waals surface area contributed by atoms with Gasteiger partial charge in [0.05, 0.1) is 0 Å². The summed E-state index contributed by atoms with van der Waals surface area (Å²) in [7, 11) is 0. The van der Waals surface area contributed by atoms with Crippen LogP contribution in [0.25, 0.3) is 0 Å². The van der Waals surface area contributed by atoms with Crippen LogP contribution in [0.5, 0.6) is 5.75 Å². The van der Waals surface area contributed by atoms with Gasteiger partial charge in [-0.1, -0.05) is 50.8 Å². The zero-order valence-electron chi connectivity index (χ0n) is 20.5. The maximum atomic E-state index is 14.5. The van der Waals surface area contributed by atoms with E-state index in [-0.39, 0.29) is 5.82 Å². The van der Waals surface area contributed by atoms with Gasteiger partial charge in [0.15, 0.2) is 11.6 Å². The van der Waals surface area contributed by atoms with Crippen molar-refractivity contribution in [3.63, 3.8) is 0 Å². The van der Waals surface area contributed by atoms with Gasteiger partial charge in [-0.15, -0.1) is 0 Å². The van der Waals surface area contributed by atoms with Crippen LogP contribution in [-0.2, 0) is 0 Å². The van der Waals surface area contributed by atoms with E-state index in [0.29, 0.717) is 18.3 Å². The Morgan fingerprint density at radius 1 is 0.906 bits per heavy atom. The highest BCUT2D eigenvalue weighted by Crippen LogP contribution is 2.50. The Hall–Kier alpha value is -1.31. The van der Waals surface area contributed by atoms with Crippen LogP contribution in [0.3, 0.4) is 0 Å². The van der Waals surface area contributed by atoms with Crippen molar-refractivity contribution in [2.75, 3.05) is 6.61 Å². The summed E-state index contributed by atoms with van der Waals surface area (Å²) < 4.78 is 20.0. The number of unbranched alkanes of at least 4 members (excludes halogenated alkanes) is 1. The van der Waals surface area contributed by atoms with Crippen LogP contribution in [0.4, 0.5) is 4.39 Å². The molecule has 0 radical (unpaired) electrons. The molecule has 3 aliphatic carbocycles. The van der Waals surface area contributed by atoms with Gasteiger partial charge in [0.2, 0.25) is 0 Å². The zero-order chi connectivity index (χ0) is 22.3. The van der Waals surface area contributed by atoms with Crippen molar-refractivity contribution in [1.29, 1.82) is 0 Å². The van der Waals surface area contributed by atoms with Gasteiger partial charge >= 0.3 is 0 Å². The van der Waals surface area contributed by atoms with Gasteiger partial charge < -0.3 is 4.74 Å². The highest BCUT2D eigenvalue weighted by Gasteiger charge is 2.38. The maximum absolute atomic E-state index is 14.5. The fraction of sp³-hybridized carbons (Fsp3) is 0.733. The number of fused-ring (bicyclic) bond motifs is 1. The Labute approximate surface area is 196 Å². The third kappa shape index (κ3) is 5.97. The number of rotatable bonds is 8. The van der Waals surface area contributed by atoms with E-state index in [1.807, 2.05) is 25.1 Å². The van der Waals surface area contributed by atoms with E-state index >= 15 is 0 Å². The normalized spacial score (nSPS) is 33.2. The minimum Gasteiger partial charge on any atom is -0.486 e. The van der Waals surface area contributed by atoms with E-state index in [4.69, 9.17) is 4.74 Å². The monoisotopic (exact) mass is 440 g/mol. The molecule has 1 aromatic carbocycles. The van der Waals surface area contributed by atoms with Gasteiger partial charge in [0, 0.05) is 0 Å². The Morgan fingerprint density at radius 3 is 2.31 bits per heavy atom. The van der Waals surface area contributed by atoms with Gasteiger partial charge in [-0.2, -0.15) is 0 Å². The van der Waals surface area contributed by atoms with Gasteiger partial charge in [-0.3, -0.25) is 0 Å². The smallest absolute Gasteiger partial charge is 0.165 e. The zero-order valence-corrected chi connectivity index (χ0v) is 20.5. The molecule has 4 unspecified atom stereocenters. The molecule has 0 spiro atoms. The SMILES string of the molecule is C/C=C/COc1ccc(C2CCC(C3CCC4CC(CCCC)CCC4C3)CC2)cc1F. The van der Waals surface area contributed by atoms with Crippen LogP contribution < -0.4 is 4.74 Å². The summed E-state index contributed by atoms with van der Waals surface area (Å²) in [6.45, 7) is 4.71. The van der Waals surface area contributed by atoms with Crippen molar-refractivity contribution < 1.29 is 9.13 Å². The second-order valence-electron chi connectivity index (χ2n) is 11.1. The van der Waals surface area contributed by atoms with Crippen LogP contribution in [-0.4, -0.2) is 6.61 Å². The van der Waals surface area contributed by atoms with Crippen LogP contribution in [0, 0.1) is 35.4 Å². The largest absolute Gasteiger partial charge is 0.486 e. The van der Waals surface area contributed by atoms with Crippen LogP contribution in [0.15, 0.2) is 30.4 Å². The van der Waals surface area contributed by atoms with Crippen molar-refractivity contribution in [3.8, 4) is 5.75 Å². The molecular weight excluding hydrogens is 395 g/mol. The number of benzene rings is 1. The van der Waals surface area contributed by atoms with Gasteiger partial charge in [-0.05, 0) is 118 Å². The molecule has 0 saturated heterocycles. The van der Waals surface area contributed by atoms with Gasteiger partial charge in [0.25, 0.3) is 0 Å². The molecule has 0 amide bonds. The lowest BCUT2D eigenvalue weighted by molar-refractivity contribution is 0.0614. The Morgan fingerprint density at radius 2 is 1.59 bits per heavy atom. The summed E-state index contributed by atoms with van der Waals surface area (Å²) in [6.07, 6.45) is 22.3. The van der Waals surface area contributed by atoms with Crippen molar-refractivity contribution in [3.05, 3.63) is 41.7 Å². The fourth-order valence-corrected chi connectivity index (χ4v) is 7.25. The van der Waals surface area contributed by atoms with Crippen molar-refractivity contribution in [2.24, 2.45) is 29.6 Å². The Bertz CT molecular complexity index is 732. The standard InChI is InChI=1S/C30H45FO/c1-3-5-7-22-8-9-27-20-26(15-14-25(27)19-22)23-10-12-24(13-11-23)28-16-17-30(29(31)21-28)32-18-6-4-2/h4,6,16-17,21-27H,3,5,7-15,18-20H2,1-2H3/b6-4+. The number of allylic oxidation sites excluding steroid dienone is 1. The first kappa shape index (κ1) is 23.8. The summed E-state index contributed by atoms with van der Waals surface area (Å²) in [4.78, 5) is 0. The molecule has 0 bridgehead atoms. The Balaban J connectivity index is 1.24. The predicted octanol–water partition coefficient (Wildman–Crippen LogP) is 9.08. The first-order chi connectivity index (χ1) is 15.7. The number of halogens is 1. The molecule has 2 heteroatoms. The molecule has 32 heavy (non-hydrogen) atoms. The lowest BCUT2D eigenvalue weighted by Crippen LogP contribution is -2.34. The molecule has 0 aliphatic heterocycles. The van der Waals surface area contributed by atoms with Crippen LogP contribution >= 0.6 is 0 Å². The second-order valence-corrected chi connectivity index (χ2v) is 11.1. The number of hydrogen-bond acceptors (Lipinski definition) is 1. The van der Waals surface area contributed by atoms with E-state index in [1.165, 1.54) is 89.0 Å².